The lowest BCUT2D eigenvalue weighted by atomic mass is 10.0. The van der Waals surface area contributed by atoms with E-state index in [-0.39, 0.29) is 5.91 Å². The Labute approximate surface area is 140 Å². The summed E-state index contributed by atoms with van der Waals surface area (Å²) in [4.78, 5) is 12.5. The summed E-state index contributed by atoms with van der Waals surface area (Å²) in [5.74, 6) is 1.29. The molecule has 1 heterocycles. The summed E-state index contributed by atoms with van der Waals surface area (Å²) in [6.07, 6.45) is 2.28. The van der Waals surface area contributed by atoms with Crippen molar-refractivity contribution in [2.45, 2.75) is 46.6 Å². The fourth-order valence-electron chi connectivity index (χ4n) is 2.90. The fraction of sp³-hybridized carbons (Fsp3) is 0.632. The van der Waals surface area contributed by atoms with E-state index in [0.29, 0.717) is 17.9 Å². The van der Waals surface area contributed by atoms with Gasteiger partial charge in [-0.1, -0.05) is 19.9 Å². The Morgan fingerprint density at radius 1 is 1.35 bits per heavy atom. The lowest BCUT2D eigenvalue weighted by molar-refractivity contribution is 0.0951. The second-order valence-corrected chi connectivity index (χ2v) is 7.06. The van der Waals surface area contributed by atoms with Gasteiger partial charge in [0.05, 0.1) is 0 Å². The van der Waals surface area contributed by atoms with Gasteiger partial charge in [-0.05, 0) is 69.3 Å². The molecule has 2 atom stereocenters. The molecule has 2 unspecified atom stereocenters. The molecule has 1 saturated heterocycles. The Balaban J connectivity index is 1.94. The molecule has 0 bridgehead atoms. The van der Waals surface area contributed by atoms with Crippen molar-refractivity contribution in [1.29, 1.82) is 0 Å². The number of hydrogen-bond donors (Lipinski definition) is 3. The first-order valence-electron chi connectivity index (χ1n) is 8.84. The smallest absolute Gasteiger partial charge is 0.251 e. The van der Waals surface area contributed by atoms with Crippen LogP contribution in [-0.4, -0.2) is 31.6 Å². The van der Waals surface area contributed by atoms with Crippen molar-refractivity contribution in [3.8, 4) is 0 Å². The largest absolute Gasteiger partial charge is 0.382 e. The third-order valence-corrected chi connectivity index (χ3v) is 4.96. The zero-order valence-corrected chi connectivity index (χ0v) is 14.9. The number of anilines is 1. The molecule has 0 saturated carbocycles. The highest BCUT2D eigenvalue weighted by Gasteiger charge is 2.16. The molecule has 1 fully saturated rings. The van der Waals surface area contributed by atoms with Crippen LogP contribution in [0, 0.1) is 18.8 Å². The lowest BCUT2D eigenvalue weighted by Gasteiger charge is -2.21. The minimum absolute atomic E-state index is 0.0364. The SMILES string of the molecule is Cc1c(NC(C)C(C)C)cccc1C(=O)NCCC1CCNC1. The van der Waals surface area contributed by atoms with E-state index in [1.807, 2.05) is 19.1 Å². The Morgan fingerprint density at radius 2 is 2.13 bits per heavy atom. The van der Waals surface area contributed by atoms with Crippen LogP contribution in [0.25, 0.3) is 0 Å². The van der Waals surface area contributed by atoms with E-state index < -0.39 is 0 Å². The van der Waals surface area contributed by atoms with Crippen LogP contribution >= 0.6 is 0 Å². The van der Waals surface area contributed by atoms with Gasteiger partial charge in [0, 0.05) is 23.8 Å². The Hall–Kier alpha value is -1.55. The van der Waals surface area contributed by atoms with Crippen LogP contribution in [0.15, 0.2) is 18.2 Å². The highest BCUT2D eigenvalue weighted by atomic mass is 16.1. The molecular formula is C19H31N3O. The van der Waals surface area contributed by atoms with Crippen LogP contribution in [0.5, 0.6) is 0 Å². The quantitative estimate of drug-likeness (QED) is 0.724. The molecule has 4 heteroatoms. The predicted octanol–water partition coefficient (Wildman–Crippen LogP) is 3.18. The average Bonchev–Trinajstić information content (AvgIpc) is 3.02. The van der Waals surface area contributed by atoms with E-state index >= 15 is 0 Å². The van der Waals surface area contributed by atoms with E-state index in [1.165, 1.54) is 6.42 Å². The summed E-state index contributed by atoms with van der Waals surface area (Å²) in [6.45, 7) is 11.5. The second kappa shape index (κ2) is 8.34. The topological polar surface area (TPSA) is 53.2 Å². The molecule has 1 amide bonds. The summed E-state index contributed by atoms with van der Waals surface area (Å²) < 4.78 is 0. The minimum Gasteiger partial charge on any atom is -0.382 e. The Kier molecular flexibility index (Phi) is 6.46. The molecule has 3 N–H and O–H groups in total. The monoisotopic (exact) mass is 317 g/mol. The highest BCUT2D eigenvalue weighted by Crippen LogP contribution is 2.21. The first kappa shape index (κ1) is 17.8. The van der Waals surface area contributed by atoms with Crippen LogP contribution in [0.4, 0.5) is 5.69 Å². The van der Waals surface area contributed by atoms with Gasteiger partial charge in [0.25, 0.3) is 5.91 Å². The third kappa shape index (κ3) is 4.96. The zero-order valence-electron chi connectivity index (χ0n) is 14.9. The predicted molar refractivity (Wildman–Crippen MR) is 97.0 cm³/mol. The summed E-state index contributed by atoms with van der Waals surface area (Å²) in [6, 6.07) is 6.29. The van der Waals surface area contributed by atoms with Gasteiger partial charge < -0.3 is 16.0 Å². The maximum Gasteiger partial charge on any atom is 0.251 e. The first-order valence-corrected chi connectivity index (χ1v) is 8.84. The van der Waals surface area contributed by atoms with Crippen LogP contribution in [0.2, 0.25) is 0 Å². The average molecular weight is 317 g/mol. The normalized spacial score (nSPS) is 18.9. The molecular weight excluding hydrogens is 286 g/mol. The maximum atomic E-state index is 12.5. The molecule has 1 aromatic carbocycles. The molecule has 0 radical (unpaired) electrons. The Morgan fingerprint density at radius 3 is 2.78 bits per heavy atom. The second-order valence-electron chi connectivity index (χ2n) is 7.06. The molecule has 1 aromatic rings. The van der Waals surface area contributed by atoms with Crippen molar-refractivity contribution in [3.05, 3.63) is 29.3 Å². The van der Waals surface area contributed by atoms with Gasteiger partial charge in [-0.15, -0.1) is 0 Å². The van der Waals surface area contributed by atoms with E-state index in [2.05, 4.69) is 42.8 Å². The van der Waals surface area contributed by atoms with Crippen LogP contribution in [0.1, 0.15) is 49.5 Å². The molecule has 4 nitrogen and oxygen atoms in total. The van der Waals surface area contributed by atoms with Gasteiger partial charge in [-0.3, -0.25) is 4.79 Å². The third-order valence-electron chi connectivity index (χ3n) is 4.96. The number of amides is 1. The van der Waals surface area contributed by atoms with Crippen molar-refractivity contribution in [2.24, 2.45) is 11.8 Å². The van der Waals surface area contributed by atoms with Crippen molar-refractivity contribution in [2.75, 3.05) is 25.0 Å². The molecule has 0 aliphatic carbocycles. The molecule has 23 heavy (non-hydrogen) atoms. The number of carbonyl (C=O) groups is 1. The van der Waals surface area contributed by atoms with Gasteiger partial charge in [0.15, 0.2) is 0 Å². The number of hydrogen-bond acceptors (Lipinski definition) is 3. The van der Waals surface area contributed by atoms with E-state index in [4.69, 9.17) is 0 Å². The maximum absolute atomic E-state index is 12.5. The standard InChI is InChI=1S/C19H31N3O/c1-13(2)15(4)22-18-7-5-6-17(14(18)3)19(23)21-11-9-16-8-10-20-12-16/h5-7,13,15-16,20,22H,8-12H2,1-4H3,(H,21,23). The van der Waals surface area contributed by atoms with Gasteiger partial charge in [-0.2, -0.15) is 0 Å². The summed E-state index contributed by atoms with van der Waals surface area (Å²) in [5.41, 5.74) is 2.86. The van der Waals surface area contributed by atoms with Crippen LogP contribution < -0.4 is 16.0 Å². The van der Waals surface area contributed by atoms with Gasteiger partial charge in [0.1, 0.15) is 0 Å². The van der Waals surface area contributed by atoms with E-state index in [9.17, 15) is 4.79 Å². The van der Waals surface area contributed by atoms with Crippen LogP contribution in [-0.2, 0) is 0 Å². The summed E-state index contributed by atoms with van der Waals surface area (Å²) in [7, 11) is 0. The van der Waals surface area contributed by atoms with E-state index in [1.54, 1.807) is 0 Å². The molecule has 1 aliphatic rings. The Bertz CT molecular complexity index is 521. The summed E-state index contributed by atoms with van der Waals surface area (Å²) in [5, 5.41) is 9.96. The summed E-state index contributed by atoms with van der Waals surface area (Å²) >= 11 is 0. The molecule has 0 spiro atoms. The van der Waals surface area contributed by atoms with Crippen molar-refractivity contribution in [3.63, 3.8) is 0 Å². The van der Waals surface area contributed by atoms with Gasteiger partial charge in [0.2, 0.25) is 0 Å². The van der Waals surface area contributed by atoms with Crippen molar-refractivity contribution < 1.29 is 4.79 Å². The molecule has 128 valence electrons. The molecule has 1 aliphatic heterocycles. The molecule has 2 rings (SSSR count). The minimum atomic E-state index is 0.0364. The number of benzene rings is 1. The van der Waals surface area contributed by atoms with Gasteiger partial charge in [-0.25, -0.2) is 0 Å². The first-order chi connectivity index (χ1) is 11.0. The molecule has 0 aromatic heterocycles. The lowest BCUT2D eigenvalue weighted by Crippen LogP contribution is -2.28. The van der Waals surface area contributed by atoms with Crippen molar-refractivity contribution >= 4 is 11.6 Å². The van der Waals surface area contributed by atoms with Gasteiger partial charge >= 0.3 is 0 Å². The number of nitrogens with one attached hydrogen (secondary N) is 3. The number of carbonyl (C=O) groups excluding carboxylic acids is 1. The fourth-order valence-corrected chi connectivity index (χ4v) is 2.90. The highest BCUT2D eigenvalue weighted by molar-refractivity contribution is 5.97. The van der Waals surface area contributed by atoms with Crippen LogP contribution in [0.3, 0.4) is 0 Å². The zero-order chi connectivity index (χ0) is 16.8. The van der Waals surface area contributed by atoms with E-state index in [0.717, 1.165) is 42.9 Å². The van der Waals surface area contributed by atoms with Crippen molar-refractivity contribution in [1.82, 2.24) is 10.6 Å². The number of rotatable bonds is 7.